The van der Waals surface area contributed by atoms with E-state index in [0.717, 1.165) is 0 Å². The normalized spacial score (nSPS) is 9.16. The number of rotatable bonds is 3. The highest BCUT2D eigenvalue weighted by atomic mass is 35.5. The van der Waals surface area contributed by atoms with E-state index in [1.165, 1.54) is 20.3 Å². The Morgan fingerprint density at radius 1 is 0.676 bits per heavy atom. The molecule has 0 unspecified atom stereocenters. The molecule has 0 amide bonds. The Hall–Kier alpha value is -3.37. The van der Waals surface area contributed by atoms with Gasteiger partial charge in [-0.15, -0.1) is 0 Å². The van der Waals surface area contributed by atoms with Crippen LogP contribution in [0.3, 0.4) is 0 Å². The predicted molar refractivity (Wildman–Crippen MR) is 144 cm³/mol. The molecule has 0 aromatic carbocycles. The van der Waals surface area contributed by atoms with Crippen LogP contribution >= 0.6 is 46.4 Å². The van der Waals surface area contributed by atoms with Crippen molar-refractivity contribution in [2.24, 2.45) is 0 Å². The number of hydrogen-bond donors (Lipinski definition) is 1. The SMILES string of the molecule is COC(=O)c1cccc(OC)n1.COc1cccc(Cl)n1.Clc1cccc(Cl)n1.O=c1cccc(Cl)[nH]1. The Bertz CT molecular complexity index is 1290. The third-order valence-corrected chi connectivity index (χ3v) is 4.49. The van der Waals surface area contributed by atoms with Gasteiger partial charge >= 0.3 is 5.97 Å². The van der Waals surface area contributed by atoms with E-state index in [4.69, 9.17) is 55.9 Å². The van der Waals surface area contributed by atoms with Crippen LogP contribution in [0.15, 0.2) is 77.6 Å². The van der Waals surface area contributed by atoms with Gasteiger partial charge in [0.1, 0.15) is 20.6 Å². The summed E-state index contributed by atoms with van der Waals surface area (Å²) in [6.45, 7) is 0. The number of ether oxygens (including phenoxy) is 3. The fraction of sp³-hybridized carbons (Fsp3) is 0.125. The van der Waals surface area contributed by atoms with Crippen molar-refractivity contribution in [3.63, 3.8) is 0 Å². The van der Waals surface area contributed by atoms with Crippen LogP contribution in [-0.4, -0.2) is 47.2 Å². The molecule has 4 heterocycles. The van der Waals surface area contributed by atoms with E-state index in [1.807, 2.05) is 0 Å². The molecule has 0 aliphatic heterocycles. The van der Waals surface area contributed by atoms with Gasteiger partial charge in [0.15, 0.2) is 5.69 Å². The third kappa shape index (κ3) is 14.1. The fourth-order valence-corrected chi connectivity index (χ4v) is 2.75. The molecular weight excluding hydrogens is 566 g/mol. The number of nitrogens with zero attached hydrogens (tertiary/aromatic N) is 3. The predicted octanol–water partition coefficient (Wildman–Crippen LogP) is 6.04. The average molecular weight is 588 g/mol. The van der Waals surface area contributed by atoms with Gasteiger partial charge in [0, 0.05) is 18.2 Å². The van der Waals surface area contributed by atoms with E-state index in [1.54, 1.807) is 73.8 Å². The van der Waals surface area contributed by atoms with Gasteiger partial charge in [0.25, 0.3) is 0 Å². The molecule has 0 bridgehead atoms. The fourth-order valence-electron chi connectivity index (χ4n) is 2.05. The Kier molecular flexibility index (Phi) is 15.4. The van der Waals surface area contributed by atoms with Gasteiger partial charge in [-0.25, -0.2) is 19.7 Å². The molecule has 4 aromatic heterocycles. The summed E-state index contributed by atoms with van der Waals surface area (Å²) in [5.74, 6) is 0.481. The van der Waals surface area contributed by atoms with Crippen LogP contribution in [0.25, 0.3) is 0 Å². The molecule has 4 aromatic rings. The van der Waals surface area contributed by atoms with Gasteiger partial charge in [-0.05, 0) is 30.3 Å². The minimum atomic E-state index is -0.464. The number of aromatic amines is 1. The lowest BCUT2D eigenvalue weighted by Crippen LogP contribution is -2.04. The zero-order valence-corrected chi connectivity index (χ0v) is 22.8. The van der Waals surface area contributed by atoms with E-state index in [2.05, 4.69) is 24.7 Å². The second-order valence-corrected chi connectivity index (χ2v) is 7.77. The molecule has 0 fully saturated rings. The number of pyridine rings is 4. The highest BCUT2D eigenvalue weighted by Crippen LogP contribution is 2.10. The van der Waals surface area contributed by atoms with Gasteiger partial charge in [-0.3, -0.25) is 4.79 Å². The monoisotopic (exact) mass is 586 g/mol. The number of nitrogens with one attached hydrogen (secondary N) is 1. The lowest BCUT2D eigenvalue weighted by Gasteiger charge is -2.00. The number of H-pyrrole nitrogens is 1. The summed E-state index contributed by atoms with van der Waals surface area (Å²) in [6.07, 6.45) is 0. The zero-order valence-electron chi connectivity index (χ0n) is 19.8. The molecular formula is C24H22Cl4N4O5. The Morgan fingerprint density at radius 2 is 1.16 bits per heavy atom. The van der Waals surface area contributed by atoms with Gasteiger partial charge < -0.3 is 19.2 Å². The Balaban J connectivity index is 0.000000250. The first-order valence-electron chi connectivity index (χ1n) is 10.1. The number of carbonyl (C=O) groups excluding carboxylic acids is 1. The third-order valence-electron chi connectivity index (χ3n) is 3.64. The Morgan fingerprint density at radius 3 is 1.54 bits per heavy atom. The van der Waals surface area contributed by atoms with Crippen molar-refractivity contribution in [3.05, 3.63) is 109 Å². The summed E-state index contributed by atoms with van der Waals surface area (Å²) in [5.41, 5.74) is 0.0781. The summed E-state index contributed by atoms with van der Waals surface area (Å²) in [7, 11) is 4.35. The maximum absolute atomic E-state index is 10.9. The maximum atomic E-state index is 10.9. The van der Waals surface area contributed by atoms with Gasteiger partial charge in [-0.2, -0.15) is 0 Å². The lowest BCUT2D eigenvalue weighted by molar-refractivity contribution is 0.0593. The van der Waals surface area contributed by atoms with Crippen LogP contribution in [0.2, 0.25) is 20.6 Å². The molecule has 0 saturated heterocycles. The second-order valence-electron chi connectivity index (χ2n) is 6.21. The zero-order chi connectivity index (χ0) is 27.6. The second kappa shape index (κ2) is 18.0. The van der Waals surface area contributed by atoms with Crippen molar-refractivity contribution >= 4 is 52.4 Å². The van der Waals surface area contributed by atoms with Crippen molar-refractivity contribution in [3.8, 4) is 11.8 Å². The smallest absolute Gasteiger partial charge is 0.356 e. The standard InChI is InChI=1S/C8H9NO3.C6H6ClNO.C5H3Cl2N.C5H4ClNO/c1-11-7-5-3-4-6(9-7)8(10)12-2;1-9-6-4-2-3-5(7)8-6;6-4-2-1-3-5(7)8-4;6-4-2-1-3-5(8)7-4/h3-5H,1-2H3;2-4H,1H3;1-3H;1-3H,(H,7,8). The van der Waals surface area contributed by atoms with Gasteiger partial charge in [0.2, 0.25) is 17.3 Å². The molecule has 13 heteroatoms. The van der Waals surface area contributed by atoms with E-state index in [-0.39, 0.29) is 11.3 Å². The topological polar surface area (TPSA) is 116 Å². The van der Waals surface area contributed by atoms with Gasteiger partial charge in [0.05, 0.1) is 21.3 Å². The maximum Gasteiger partial charge on any atom is 0.356 e. The van der Waals surface area contributed by atoms with Crippen LogP contribution in [0.4, 0.5) is 0 Å². The number of aromatic nitrogens is 4. The van der Waals surface area contributed by atoms with E-state index in [0.29, 0.717) is 32.4 Å². The van der Waals surface area contributed by atoms with Crippen LogP contribution in [0, 0.1) is 0 Å². The van der Waals surface area contributed by atoms with Crippen molar-refractivity contribution in [2.45, 2.75) is 0 Å². The first kappa shape index (κ1) is 31.7. The first-order valence-corrected chi connectivity index (χ1v) is 11.6. The van der Waals surface area contributed by atoms with Crippen molar-refractivity contribution < 1.29 is 19.0 Å². The largest absolute Gasteiger partial charge is 0.481 e. The molecule has 1 N–H and O–H groups in total. The molecule has 4 rings (SSSR count). The molecule has 0 atom stereocenters. The van der Waals surface area contributed by atoms with Gasteiger partial charge in [-0.1, -0.05) is 70.7 Å². The summed E-state index contributed by atoms with van der Waals surface area (Å²) < 4.78 is 14.1. The highest BCUT2D eigenvalue weighted by Gasteiger charge is 2.06. The summed E-state index contributed by atoms with van der Waals surface area (Å²) in [4.78, 5) is 35.1. The van der Waals surface area contributed by atoms with Crippen molar-refractivity contribution in [1.29, 1.82) is 0 Å². The van der Waals surface area contributed by atoms with Crippen LogP contribution in [0.1, 0.15) is 10.5 Å². The number of hydrogen-bond acceptors (Lipinski definition) is 8. The molecule has 37 heavy (non-hydrogen) atoms. The highest BCUT2D eigenvalue weighted by molar-refractivity contribution is 6.32. The van der Waals surface area contributed by atoms with E-state index >= 15 is 0 Å². The van der Waals surface area contributed by atoms with Crippen molar-refractivity contribution in [1.82, 2.24) is 19.9 Å². The van der Waals surface area contributed by atoms with E-state index in [9.17, 15) is 9.59 Å². The number of methoxy groups -OCH3 is 3. The quantitative estimate of drug-likeness (QED) is 0.228. The van der Waals surface area contributed by atoms with Crippen LogP contribution in [0.5, 0.6) is 11.8 Å². The van der Waals surface area contributed by atoms with Crippen LogP contribution in [-0.2, 0) is 4.74 Å². The molecule has 0 spiro atoms. The number of esters is 1. The molecule has 9 nitrogen and oxygen atoms in total. The number of carbonyl (C=O) groups is 1. The molecule has 0 radical (unpaired) electrons. The average Bonchev–Trinajstić information content (AvgIpc) is 2.89. The summed E-state index contributed by atoms with van der Waals surface area (Å²) in [6, 6.07) is 19.8. The lowest BCUT2D eigenvalue weighted by atomic mass is 10.3. The first-order chi connectivity index (χ1) is 17.7. The summed E-state index contributed by atoms with van der Waals surface area (Å²) >= 11 is 21.8. The molecule has 196 valence electrons. The molecule has 0 aliphatic rings. The van der Waals surface area contributed by atoms with Crippen LogP contribution < -0.4 is 15.0 Å². The number of halogens is 4. The molecule has 0 saturated carbocycles. The van der Waals surface area contributed by atoms with Crippen molar-refractivity contribution in [2.75, 3.05) is 21.3 Å². The summed E-state index contributed by atoms with van der Waals surface area (Å²) in [5, 5.41) is 1.68. The van der Waals surface area contributed by atoms with E-state index < -0.39 is 5.97 Å². The minimum absolute atomic E-state index is 0.169. The molecule has 0 aliphatic carbocycles. The Labute approximate surface area is 233 Å². The minimum Gasteiger partial charge on any atom is -0.481 e.